The molecule has 0 saturated carbocycles. The lowest BCUT2D eigenvalue weighted by Crippen LogP contribution is -2.39. The molecule has 3 rings (SSSR count). The van der Waals surface area contributed by atoms with Gasteiger partial charge in [0.05, 0.1) is 11.2 Å². The second-order valence-corrected chi connectivity index (χ2v) is 5.91. The lowest BCUT2D eigenvalue weighted by atomic mass is 10.00. The summed E-state index contributed by atoms with van der Waals surface area (Å²) in [7, 11) is 0. The molecule has 5 nitrogen and oxygen atoms in total. The molecule has 0 radical (unpaired) electrons. The van der Waals surface area contributed by atoms with Crippen molar-refractivity contribution < 1.29 is 9.53 Å². The first kappa shape index (κ1) is 15.7. The van der Waals surface area contributed by atoms with E-state index in [-0.39, 0.29) is 6.03 Å². The number of pyridine rings is 1. The van der Waals surface area contributed by atoms with Crippen molar-refractivity contribution in [3.63, 3.8) is 0 Å². The highest BCUT2D eigenvalue weighted by Crippen LogP contribution is 2.22. The van der Waals surface area contributed by atoms with Crippen LogP contribution in [-0.2, 0) is 4.74 Å². The van der Waals surface area contributed by atoms with Crippen molar-refractivity contribution in [3.05, 3.63) is 36.5 Å². The first-order valence-corrected chi connectivity index (χ1v) is 8.25. The zero-order chi connectivity index (χ0) is 16.1. The number of benzene rings is 1. The Balaban J connectivity index is 1.70. The van der Waals surface area contributed by atoms with E-state index in [1.54, 1.807) is 6.20 Å². The molecule has 0 atom stereocenters. The molecule has 1 aromatic heterocycles. The van der Waals surface area contributed by atoms with Gasteiger partial charge in [-0.05, 0) is 37.8 Å². The average Bonchev–Trinajstić information content (AvgIpc) is 2.61. The van der Waals surface area contributed by atoms with Crippen LogP contribution in [0.15, 0.2) is 36.5 Å². The van der Waals surface area contributed by atoms with Crippen LogP contribution in [0.2, 0.25) is 0 Å². The summed E-state index contributed by atoms with van der Waals surface area (Å²) in [6.07, 6.45) is 3.80. The second-order valence-electron chi connectivity index (χ2n) is 5.91. The van der Waals surface area contributed by atoms with Crippen LogP contribution in [-0.4, -0.2) is 42.2 Å². The van der Waals surface area contributed by atoms with Gasteiger partial charge in [0, 0.05) is 37.9 Å². The van der Waals surface area contributed by atoms with Crippen molar-refractivity contribution in [2.24, 2.45) is 5.92 Å². The van der Waals surface area contributed by atoms with E-state index >= 15 is 0 Å². The van der Waals surface area contributed by atoms with Crippen molar-refractivity contribution in [2.45, 2.75) is 19.8 Å². The fourth-order valence-electron chi connectivity index (χ4n) is 3.00. The minimum atomic E-state index is -0.0582. The molecule has 2 aromatic rings. The highest BCUT2D eigenvalue weighted by molar-refractivity contribution is 5.99. The zero-order valence-corrected chi connectivity index (χ0v) is 13.5. The van der Waals surface area contributed by atoms with Crippen LogP contribution in [0.5, 0.6) is 0 Å². The summed E-state index contributed by atoms with van der Waals surface area (Å²) in [6.45, 7) is 5.10. The molecule has 0 bridgehead atoms. The van der Waals surface area contributed by atoms with Crippen molar-refractivity contribution in [1.82, 2.24) is 9.88 Å². The molecule has 1 fully saturated rings. The maximum absolute atomic E-state index is 12.6. The van der Waals surface area contributed by atoms with E-state index in [0.29, 0.717) is 12.5 Å². The van der Waals surface area contributed by atoms with Crippen LogP contribution in [0, 0.1) is 5.92 Å². The Labute approximate surface area is 136 Å². The molecule has 1 saturated heterocycles. The Kier molecular flexibility index (Phi) is 5.08. The van der Waals surface area contributed by atoms with Gasteiger partial charge in [0.25, 0.3) is 0 Å². The molecular formula is C18H23N3O2. The molecule has 1 N–H and O–H groups in total. The first-order valence-electron chi connectivity index (χ1n) is 8.25. The molecule has 23 heavy (non-hydrogen) atoms. The highest BCUT2D eigenvalue weighted by Gasteiger charge is 2.20. The van der Waals surface area contributed by atoms with Gasteiger partial charge in [-0.3, -0.25) is 4.98 Å². The molecule has 1 aliphatic heterocycles. The van der Waals surface area contributed by atoms with Crippen molar-refractivity contribution in [2.75, 3.05) is 31.6 Å². The Hall–Kier alpha value is -2.14. The van der Waals surface area contributed by atoms with Gasteiger partial charge in [0.2, 0.25) is 0 Å². The van der Waals surface area contributed by atoms with Crippen LogP contribution in [0.1, 0.15) is 19.8 Å². The number of ether oxygens (including phenoxy) is 1. The van der Waals surface area contributed by atoms with Crippen LogP contribution in [0.4, 0.5) is 10.5 Å². The van der Waals surface area contributed by atoms with Crippen LogP contribution < -0.4 is 5.32 Å². The quantitative estimate of drug-likeness (QED) is 0.939. The van der Waals surface area contributed by atoms with E-state index in [1.807, 2.05) is 42.2 Å². The van der Waals surface area contributed by atoms with Gasteiger partial charge in [-0.15, -0.1) is 0 Å². The van der Waals surface area contributed by atoms with Crippen molar-refractivity contribution >= 4 is 22.6 Å². The normalized spacial score (nSPS) is 15.5. The number of hydrogen-bond acceptors (Lipinski definition) is 3. The SMILES string of the molecule is CCN(CC1CCOCC1)C(=O)Nc1cccc2cccnc12. The molecule has 5 heteroatoms. The second kappa shape index (κ2) is 7.42. The van der Waals surface area contributed by atoms with E-state index in [0.717, 1.165) is 49.2 Å². The van der Waals surface area contributed by atoms with Crippen molar-refractivity contribution in [3.8, 4) is 0 Å². The van der Waals surface area contributed by atoms with E-state index < -0.39 is 0 Å². The topological polar surface area (TPSA) is 54.5 Å². The summed E-state index contributed by atoms with van der Waals surface area (Å²) in [5.74, 6) is 0.528. The molecule has 0 spiro atoms. The van der Waals surface area contributed by atoms with Crippen molar-refractivity contribution in [1.29, 1.82) is 0 Å². The standard InChI is InChI=1S/C18H23N3O2/c1-2-21(13-14-8-11-23-12-9-14)18(22)20-16-7-3-5-15-6-4-10-19-17(15)16/h3-7,10,14H,2,8-9,11-13H2,1H3,(H,20,22). The van der Waals surface area contributed by atoms with E-state index in [4.69, 9.17) is 4.74 Å². The number of nitrogens with zero attached hydrogens (tertiary/aromatic N) is 2. The average molecular weight is 313 g/mol. The summed E-state index contributed by atoms with van der Waals surface area (Å²) in [4.78, 5) is 18.9. The molecule has 122 valence electrons. The number of hydrogen-bond donors (Lipinski definition) is 1. The maximum atomic E-state index is 12.6. The largest absolute Gasteiger partial charge is 0.381 e. The lowest BCUT2D eigenvalue weighted by molar-refractivity contribution is 0.0576. The Bertz CT molecular complexity index is 663. The number of carbonyl (C=O) groups is 1. The number of amides is 2. The highest BCUT2D eigenvalue weighted by atomic mass is 16.5. The van der Waals surface area contributed by atoms with Crippen LogP contribution >= 0.6 is 0 Å². The summed E-state index contributed by atoms with van der Waals surface area (Å²) >= 11 is 0. The number of nitrogens with one attached hydrogen (secondary N) is 1. The predicted octanol–water partition coefficient (Wildman–Crippen LogP) is 3.52. The third-order valence-corrected chi connectivity index (χ3v) is 4.36. The Morgan fingerprint density at radius 3 is 2.87 bits per heavy atom. The Morgan fingerprint density at radius 1 is 1.30 bits per heavy atom. The van der Waals surface area contributed by atoms with Gasteiger partial charge in [0.1, 0.15) is 0 Å². The van der Waals surface area contributed by atoms with E-state index in [1.165, 1.54) is 0 Å². The molecule has 2 heterocycles. The summed E-state index contributed by atoms with van der Waals surface area (Å²) < 4.78 is 5.39. The number of fused-ring (bicyclic) bond motifs is 1. The van der Waals surface area contributed by atoms with Gasteiger partial charge in [-0.2, -0.15) is 0 Å². The van der Waals surface area contributed by atoms with Gasteiger partial charge < -0.3 is 15.0 Å². The number of aromatic nitrogens is 1. The molecule has 1 aromatic carbocycles. The smallest absolute Gasteiger partial charge is 0.321 e. The van der Waals surface area contributed by atoms with E-state index in [2.05, 4.69) is 10.3 Å². The predicted molar refractivity (Wildman–Crippen MR) is 91.6 cm³/mol. The number of carbonyl (C=O) groups excluding carboxylic acids is 1. The maximum Gasteiger partial charge on any atom is 0.321 e. The number of anilines is 1. The first-order chi connectivity index (χ1) is 11.3. The van der Waals surface area contributed by atoms with Gasteiger partial charge in [0.15, 0.2) is 0 Å². The monoisotopic (exact) mass is 313 g/mol. The van der Waals surface area contributed by atoms with Crippen LogP contribution in [0.3, 0.4) is 0 Å². The molecule has 1 aliphatic rings. The lowest BCUT2D eigenvalue weighted by Gasteiger charge is -2.29. The number of rotatable bonds is 4. The van der Waals surface area contributed by atoms with Crippen LogP contribution in [0.25, 0.3) is 10.9 Å². The summed E-state index contributed by atoms with van der Waals surface area (Å²) in [5, 5.41) is 4.04. The third-order valence-electron chi connectivity index (χ3n) is 4.36. The summed E-state index contributed by atoms with van der Waals surface area (Å²) in [6, 6.07) is 9.67. The number of para-hydroxylation sites is 1. The molecular weight excluding hydrogens is 290 g/mol. The zero-order valence-electron chi connectivity index (χ0n) is 13.5. The molecule has 2 amide bonds. The third kappa shape index (κ3) is 3.79. The summed E-state index contributed by atoms with van der Waals surface area (Å²) in [5.41, 5.74) is 1.59. The van der Waals surface area contributed by atoms with E-state index in [9.17, 15) is 4.79 Å². The minimum Gasteiger partial charge on any atom is -0.381 e. The minimum absolute atomic E-state index is 0.0582. The van der Waals surface area contributed by atoms with Gasteiger partial charge in [-0.25, -0.2) is 4.79 Å². The fourth-order valence-corrected chi connectivity index (χ4v) is 3.00. The molecule has 0 unspecified atom stereocenters. The van der Waals surface area contributed by atoms with Gasteiger partial charge >= 0.3 is 6.03 Å². The number of urea groups is 1. The Morgan fingerprint density at radius 2 is 2.09 bits per heavy atom. The fraction of sp³-hybridized carbons (Fsp3) is 0.444. The van der Waals surface area contributed by atoms with Gasteiger partial charge in [-0.1, -0.05) is 18.2 Å². The molecule has 0 aliphatic carbocycles.